The fraction of sp³-hybridized carbons (Fsp3) is 0.273. The molecule has 0 spiro atoms. The third kappa shape index (κ3) is 3.80. The molecule has 0 aliphatic carbocycles. The van der Waals surface area contributed by atoms with Crippen LogP contribution in [0.3, 0.4) is 0 Å². The van der Waals surface area contributed by atoms with Gasteiger partial charge >= 0.3 is 0 Å². The number of aryl methyl sites for hydroxylation is 1. The number of nitrogens with zero attached hydrogens (tertiary/aromatic N) is 2. The highest BCUT2D eigenvalue weighted by atomic mass is 14.8. The first kappa shape index (κ1) is 17.0. The SMILES string of the molecule is CCCCCc1cc2c(Cc3ccccc3C#N)cccc2nc1N. The largest absolute Gasteiger partial charge is 0.383 e. The number of aromatic nitrogens is 1. The lowest BCUT2D eigenvalue weighted by Gasteiger charge is -2.11. The predicted octanol–water partition coefficient (Wildman–Crippen LogP) is 5.01. The summed E-state index contributed by atoms with van der Waals surface area (Å²) in [6, 6.07) is 18.4. The lowest BCUT2D eigenvalue weighted by atomic mass is 9.96. The van der Waals surface area contributed by atoms with Crippen LogP contribution >= 0.6 is 0 Å². The van der Waals surface area contributed by atoms with Gasteiger partial charge in [0.2, 0.25) is 0 Å². The Kier molecular flexibility index (Phi) is 5.30. The first-order valence-corrected chi connectivity index (χ1v) is 8.88. The van der Waals surface area contributed by atoms with E-state index >= 15 is 0 Å². The highest BCUT2D eigenvalue weighted by Gasteiger charge is 2.10. The fourth-order valence-corrected chi connectivity index (χ4v) is 3.22. The van der Waals surface area contributed by atoms with Crippen molar-refractivity contribution in [1.29, 1.82) is 5.26 Å². The number of hydrogen-bond donors (Lipinski definition) is 1. The van der Waals surface area contributed by atoms with Gasteiger partial charge in [0.05, 0.1) is 17.1 Å². The molecule has 3 heteroatoms. The quantitative estimate of drug-likeness (QED) is 0.646. The molecule has 3 nitrogen and oxygen atoms in total. The van der Waals surface area contributed by atoms with Crippen LogP contribution in [0.1, 0.15) is 48.4 Å². The topological polar surface area (TPSA) is 62.7 Å². The molecule has 0 fully saturated rings. The molecule has 2 aromatic carbocycles. The molecule has 0 atom stereocenters. The first-order chi connectivity index (χ1) is 12.2. The number of nitrogens with two attached hydrogens (primary N) is 1. The molecule has 0 aliphatic rings. The summed E-state index contributed by atoms with van der Waals surface area (Å²) in [7, 11) is 0. The van der Waals surface area contributed by atoms with Crippen LogP contribution in [-0.2, 0) is 12.8 Å². The van der Waals surface area contributed by atoms with Gasteiger partial charge in [-0.25, -0.2) is 4.98 Å². The highest BCUT2D eigenvalue weighted by molar-refractivity contribution is 5.85. The maximum atomic E-state index is 9.33. The zero-order valence-corrected chi connectivity index (χ0v) is 14.6. The van der Waals surface area contributed by atoms with Gasteiger partial charge in [0.1, 0.15) is 5.82 Å². The molecule has 0 unspecified atom stereocenters. The van der Waals surface area contributed by atoms with Crippen LogP contribution in [0.5, 0.6) is 0 Å². The summed E-state index contributed by atoms with van der Waals surface area (Å²) < 4.78 is 0. The van der Waals surface area contributed by atoms with Crippen LogP contribution in [0.25, 0.3) is 10.9 Å². The third-order valence-electron chi connectivity index (χ3n) is 4.63. The van der Waals surface area contributed by atoms with Gasteiger partial charge in [-0.05, 0) is 54.2 Å². The Labute approximate surface area is 149 Å². The first-order valence-electron chi connectivity index (χ1n) is 8.88. The van der Waals surface area contributed by atoms with Crippen LogP contribution < -0.4 is 5.73 Å². The average Bonchev–Trinajstić information content (AvgIpc) is 2.63. The molecule has 25 heavy (non-hydrogen) atoms. The van der Waals surface area contributed by atoms with E-state index in [1.165, 1.54) is 18.4 Å². The Hall–Kier alpha value is -2.86. The molecule has 2 N–H and O–H groups in total. The van der Waals surface area contributed by atoms with Gasteiger partial charge in [-0.1, -0.05) is 50.1 Å². The molecule has 0 aliphatic heterocycles. The molecule has 0 radical (unpaired) electrons. The lowest BCUT2D eigenvalue weighted by Crippen LogP contribution is -2.01. The van der Waals surface area contributed by atoms with Gasteiger partial charge in [0, 0.05) is 5.39 Å². The molecular weight excluding hydrogens is 306 g/mol. The number of nitriles is 1. The summed E-state index contributed by atoms with van der Waals surface area (Å²) in [5.74, 6) is 0.637. The maximum Gasteiger partial charge on any atom is 0.127 e. The second kappa shape index (κ2) is 7.81. The molecule has 3 rings (SSSR count). The highest BCUT2D eigenvalue weighted by Crippen LogP contribution is 2.26. The van der Waals surface area contributed by atoms with Crippen molar-refractivity contribution in [1.82, 2.24) is 4.98 Å². The number of hydrogen-bond acceptors (Lipinski definition) is 3. The lowest BCUT2D eigenvalue weighted by molar-refractivity contribution is 0.717. The Morgan fingerprint density at radius 2 is 1.80 bits per heavy atom. The Morgan fingerprint density at radius 1 is 1.00 bits per heavy atom. The van der Waals surface area contributed by atoms with Gasteiger partial charge in [0.15, 0.2) is 0 Å². The second-order valence-electron chi connectivity index (χ2n) is 6.42. The number of rotatable bonds is 6. The molecule has 126 valence electrons. The van der Waals surface area contributed by atoms with E-state index in [-0.39, 0.29) is 0 Å². The fourth-order valence-electron chi connectivity index (χ4n) is 3.22. The predicted molar refractivity (Wildman–Crippen MR) is 103 cm³/mol. The molecule has 1 aromatic heterocycles. The van der Waals surface area contributed by atoms with Crippen LogP contribution in [0.2, 0.25) is 0 Å². The van der Waals surface area contributed by atoms with E-state index in [0.29, 0.717) is 5.82 Å². The number of nitrogen functional groups attached to an aromatic ring is 1. The molecule has 0 amide bonds. The number of pyridine rings is 1. The minimum absolute atomic E-state index is 0.637. The number of benzene rings is 2. The summed E-state index contributed by atoms with van der Waals surface area (Å²) in [6.07, 6.45) is 5.21. The van der Waals surface area contributed by atoms with Crippen LogP contribution in [0, 0.1) is 11.3 Å². The average molecular weight is 329 g/mol. The van der Waals surface area contributed by atoms with Crippen molar-refractivity contribution in [3.05, 3.63) is 70.8 Å². The monoisotopic (exact) mass is 329 g/mol. The van der Waals surface area contributed by atoms with E-state index in [4.69, 9.17) is 5.73 Å². The van der Waals surface area contributed by atoms with E-state index in [2.05, 4.69) is 30.1 Å². The molecule has 3 aromatic rings. The van der Waals surface area contributed by atoms with Crippen molar-refractivity contribution >= 4 is 16.7 Å². The number of fused-ring (bicyclic) bond motifs is 1. The van der Waals surface area contributed by atoms with Crippen LogP contribution in [-0.4, -0.2) is 4.98 Å². The van der Waals surface area contributed by atoms with Gasteiger partial charge in [0.25, 0.3) is 0 Å². The minimum atomic E-state index is 0.637. The van der Waals surface area contributed by atoms with E-state index in [9.17, 15) is 5.26 Å². The molecule has 0 saturated carbocycles. The molecular formula is C22H23N3. The van der Waals surface area contributed by atoms with Gasteiger partial charge < -0.3 is 5.73 Å². The molecule has 1 heterocycles. The van der Waals surface area contributed by atoms with Gasteiger partial charge in [-0.3, -0.25) is 0 Å². The smallest absolute Gasteiger partial charge is 0.127 e. The Balaban J connectivity index is 2.00. The van der Waals surface area contributed by atoms with E-state index < -0.39 is 0 Å². The third-order valence-corrected chi connectivity index (χ3v) is 4.63. The van der Waals surface area contributed by atoms with Crippen molar-refractivity contribution in [2.45, 2.75) is 39.0 Å². The van der Waals surface area contributed by atoms with Crippen molar-refractivity contribution < 1.29 is 0 Å². The normalized spacial score (nSPS) is 10.7. The van der Waals surface area contributed by atoms with E-state index in [0.717, 1.165) is 46.9 Å². The van der Waals surface area contributed by atoms with Crippen molar-refractivity contribution in [2.75, 3.05) is 5.73 Å². The van der Waals surface area contributed by atoms with Gasteiger partial charge in [-0.15, -0.1) is 0 Å². The number of unbranched alkanes of at least 4 members (excludes halogenated alkanes) is 2. The molecule has 0 bridgehead atoms. The van der Waals surface area contributed by atoms with E-state index in [1.807, 2.05) is 36.4 Å². The summed E-state index contributed by atoms with van der Waals surface area (Å²) in [5.41, 5.74) is 11.2. The zero-order valence-electron chi connectivity index (χ0n) is 14.6. The van der Waals surface area contributed by atoms with Crippen LogP contribution in [0.15, 0.2) is 48.5 Å². The summed E-state index contributed by atoms with van der Waals surface area (Å²) in [5, 5.41) is 10.5. The van der Waals surface area contributed by atoms with Crippen molar-refractivity contribution in [3.63, 3.8) is 0 Å². The van der Waals surface area contributed by atoms with Crippen molar-refractivity contribution in [2.24, 2.45) is 0 Å². The molecule has 0 saturated heterocycles. The summed E-state index contributed by atoms with van der Waals surface area (Å²) in [4.78, 5) is 4.61. The van der Waals surface area contributed by atoms with E-state index in [1.54, 1.807) is 0 Å². The minimum Gasteiger partial charge on any atom is -0.383 e. The number of anilines is 1. The second-order valence-corrected chi connectivity index (χ2v) is 6.42. The van der Waals surface area contributed by atoms with Crippen LogP contribution in [0.4, 0.5) is 5.82 Å². The maximum absolute atomic E-state index is 9.33. The summed E-state index contributed by atoms with van der Waals surface area (Å²) >= 11 is 0. The standard InChI is InChI=1S/C22H23N3/c1-2-3-4-9-18-14-20-17(11-7-12-21(20)25-22(18)24)13-16-8-5-6-10-19(16)15-23/h5-8,10-12,14H,2-4,9,13H2,1H3,(H2,24,25). The Bertz CT molecular complexity index is 922. The Morgan fingerprint density at radius 3 is 2.60 bits per heavy atom. The van der Waals surface area contributed by atoms with Gasteiger partial charge in [-0.2, -0.15) is 5.26 Å². The summed E-state index contributed by atoms with van der Waals surface area (Å²) in [6.45, 7) is 2.20. The zero-order chi connectivity index (χ0) is 17.6. The van der Waals surface area contributed by atoms with Crippen molar-refractivity contribution in [3.8, 4) is 6.07 Å².